The highest BCUT2D eigenvalue weighted by molar-refractivity contribution is 9.10. The molecular formula is C15H12BrFO2. The summed E-state index contributed by atoms with van der Waals surface area (Å²) in [4.78, 5) is 12.0. The van der Waals surface area contributed by atoms with Crippen LogP contribution in [-0.4, -0.2) is 12.4 Å². The molecule has 0 bridgehead atoms. The van der Waals surface area contributed by atoms with Crippen LogP contribution in [0.1, 0.15) is 15.9 Å². The number of ketones is 1. The number of rotatable bonds is 4. The van der Waals surface area contributed by atoms with E-state index in [1.807, 2.05) is 6.07 Å². The van der Waals surface area contributed by atoms with Crippen molar-refractivity contribution in [3.05, 3.63) is 63.9 Å². The van der Waals surface area contributed by atoms with Gasteiger partial charge < -0.3 is 4.74 Å². The van der Waals surface area contributed by atoms with E-state index in [1.165, 1.54) is 6.07 Å². The summed E-state index contributed by atoms with van der Waals surface area (Å²) in [7, 11) is 0. The van der Waals surface area contributed by atoms with Crippen molar-refractivity contribution in [3.63, 3.8) is 0 Å². The maximum atomic E-state index is 13.7. The van der Waals surface area contributed by atoms with E-state index in [4.69, 9.17) is 4.74 Å². The number of hydrogen-bond donors (Lipinski definition) is 0. The Balaban J connectivity index is 2.09. The molecule has 0 heterocycles. The lowest BCUT2D eigenvalue weighted by molar-refractivity contribution is 0.0918. The van der Waals surface area contributed by atoms with Crippen molar-refractivity contribution in [3.8, 4) is 5.75 Å². The van der Waals surface area contributed by atoms with Gasteiger partial charge in [0.1, 0.15) is 0 Å². The van der Waals surface area contributed by atoms with Crippen LogP contribution in [0.4, 0.5) is 4.39 Å². The zero-order valence-electron chi connectivity index (χ0n) is 10.3. The Labute approximate surface area is 119 Å². The van der Waals surface area contributed by atoms with Crippen LogP contribution in [0.5, 0.6) is 5.75 Å². The second-order valence-electron chi connectivity index (χ2n) is 4.08. The molecule has 2 rings (SSSR count). The van der Waals surface area contributed by atoms with Gasteiger partial charge in [0, 0.05) is 10.0 Å². The molecule has 0 aliphatic rings. The molecule has 0 aromatic heterocycles. The summed E-state index contributed by atoms with van der Waals surface area (Å²) < 4.78 is 19.6. The third kappa shape index (κ3) is 3.20. The SMILES string of the molecule is Cc1cccc(OCC(=O)c2ccccc2Br)c1F. The van der Waals surface area contributed by atoms with Gasteiger partial charge in [0.05, 0.1) is 0 Å². The molecule has 0 saturated carbocycles. The summed E-state index contributed by atoms with van der Waals surface area (Å²) in [5.41, 5.74) is 1.02. The summed E-state index contributed by atoms with van der Waals surface area (Å²) in [6, 6.07) is 11.9. The van der Waals surface area contributed by atoms with Crippen LogP contribution in [0.2, 0.25) is 0 Å². The standard InChI is InChI=1S/C15H12BrFO2/c1-10-5-4-8-14(15(10)17)19-9-13(18)11-6-2-3-7-12(11)16/h2-8H,9H2,1H3. The van der Waals surface area contributed by atoms with E-state index in [2.05, 4.69) is 15.9 Å². The van der Waals surface area contributed by atoms with Crippen LogP contribution in [0.25, 0.3) is 0 Å². The van der Waals surface area contributed by atoms with E-state index in [0.29, 0.717) is 15.6 Å². The predicted octanol–water partition coefficient (Wildman–Crippen LogP) is 4.16. The molecule has 0 fully saturated rings. The van der Waals surface area contributed by atoms with Gasteiger partial charge in [0.25, 0.3) is 0 Å². The molecule has 2 aromatic rings. The highest BCUT2D eigenvalue weighted by Crippen LogP contribution is 2.21. The van der Waals surface area contributed by atoms with Crippen molar-refractivity contribution in [2.24, 2.45) is 0 Å². The Morgan fingerprint density at radius 3 is 2.68 bits per heavy atom. The predicted molar refractivity (Wildman–Crippen MR) is 75.1 cm³/mol. The van der Waals surface area contributed by atoms with Gasteiger partial charge >= 0.3 is 0 Å². The average molecular weight is 323 g/mol. The molecule has 0 saturated heterocycles. The largest absolute Gasteiger partial charge is 0.482 e. The Kier molecular flexibility index (Phi) is 4.32. The van der Waals surface area contributed by atoms with Crippen molar-refractivity contribution < 1.29 is 13.9 Å². The van der Waals surface area contributed by atoms with E-state index < -0.39 is 5.82 Å². The Bertz CT molecular complexity index is 611. The van der Waals surface area contributed by atoms with E-state index in [1.54, 1.807) is 37.3 Å². The Hall–Kier alpha value is -1.68. The van der Waals surface area contributed by atoms with Crippen LogP contribution in [0.3, 0.4) is 0 Å². The monoisotopic (exact) mass is 322 g/mol. The lowest BCUT2D eigenvalue weighted by Gasteiger charge is -2.08. The zero-order chi connectivity index (χ0) is 13.8. The third-order valence-corrected chi connectivity index (χ3v) is 3.38. The molecule has 0 aliphatic heterocycles. The highest BCUT2D eigenvalue weighted by Gasteiger charge is 2.12. The van der Waals surface area contributed by atoms with Crippen LogP contribution in [0.15, 0.2) is 46.9 Å². The lowest BCUT2D eigenvalue weighted by Crippen LogP contribution is -2.13. The van der Waals surface area contributed by atoms with Crippen LogP contribution < -0.4 is 4.74 Å². The number of halogens is 2. The zero-order valence-corrected chi connectivity index (χ0v) is 11.9. The summed E-state index contributed by atoms with van der Waals surface area (Å²) in [6.07, 6.45) is 0. The summed E-state index contributed by atoms with van der Waals surface area (Å²) in [5, 5.41) is 0. The van der Waals surface area contributed by atoms with Crippen molar-refractivity contribution in [1.82, 2.24) is 0 Å². The molecule has 0 unspecified atom stereocenters. The van der Waals surface area contributed by atoms with Crippen molar-refractivity contribution in [2.45, 2.75) is 6.92 Å². The number of hydrogen-bond acceptors (Lipinski definition) is 2. The number of carbonyl (C=O) groups excluding carboxylic acids is 1. The first-order valence-electron chi connectivity index (χ1n) is 5.75. The van der Waals surface area contributed by atoms with Crippen LogP contribution in [0, 0.1) is 12.7 Å². The molecule has 98 valence electrons. The lowest BCUT2D eigenvalue weighted by atomic mass is 10.1. The van der Waals surface area contributed by atoms with E-state index >= 15 is 0 Å². The molecular weight excluding hydrogens is 311 g/mol. The molecule has 2 aromatic carbocycles. The van der Waals surface area contributed by atoms with E-state index in [-0.39, 0.29) is 18.1 Å². The molecule has 0 amide bonds. The van der Waals surface area contributed by atoms with Gasteiger partial charge in [0.15, 0.2) is 18.2 Å². The Morgan fingerprint density at radius 2 is 1.95 bits per heavy atom. The molecule has 2 nitrogen and oxygen atoms in total. The van der Waals surface area contributed by atoms with Gasteiger partial charge in [-0.25, -0.2) is 4.39 Å². The third-order valence-electron chi connectivity index (χ3n) is 2.69. The second-order valence-corrected chi connectivity index (χ2v) is 4.93. The average Bonchev–Trinajstić information content (AvgIpc) is 2.40. The minimum absolute atomic E-state index is 0.0976. The first-order valence-corrected chi connectivity index (χ1v) is 6.54. The summed E-state index contributed by atoms with van der Waals surface area (Å²) >= 11 is 3.30. The van der Waals surface area contributed by atoms with Crippen molar-refractivity contribution in [1.29, 1.82) is 0 Å². The van der Waals surface area contributed by atoms with Crippen LogP contribution in [-0.2, 0) is 0 Å². The molecule has 19 heavy (non-hydrogen) atoms. The van der Waals surface area contributed by atoms with Crippen molar-refractivity contribution in [2.75, 3.05) is 6.61 Å². The normalized spacial score (nSPS) is 10.3. The topological polar surface area (TPSA) is 26.3 Å². The van der Waals surface area contributed by atoms with E-state index in [0.717, 1.165) is 0 Å². The summed E-state index contributed by atoms with van der Waals surface area (Å²) in [6.45, 7) is 1.46. The van der Waals surface area contributed by atoms with Gasteiger partial charge in [-0.1, -0.05) is 46.3 Å². The second kappa shape index (κ2) is 5.97. The first-order chi connectivity index (χ1) is 9.09. The van der Waals surface area contributed by atoms with Crippen molar-refractivity contribution >= 4 is 21.7 Å². The minimum Gasteiger partial charge on any atom is -0.482 e. The molecule has 0 spiro atoms. The number of Topliss-reactive ketones (excluding diaryl/α,β-unsaturated/α-hetero) is 1. The van der Waals surface area contributed by atoms with E-state index in [9.17, 15) is 9.18 Å². The van der Waals surface area contributed by atoms with Crippen LogP contribution >= 0.6 is 15.9 Å². The number of aryl methyl sites for hydroxylation is 1. The molecule has 4 heteroatoms. The molecule has 0 atom stereocenters. The van der Waals surface area contributed by atoms with Gasteiger partial charge in [-0.05, 0) is 24.6 Å². The summed E-state index contributed by atoms with van der Waals surface area (Å²) in [5.74, 6) is -0.531. The quantitative estimate of drug-likeness (QED) is 0.790. The molecule has 0 N–H and O–H groups in total. The van der Waals surface area contributed by atoms with Gasteiger partial charge in [-0.3, -0.25) is 4.79 Å². The molecule has 0 radical (unpaired) electrons. The smallest absolute Gasteiger partial charge is 0.201 e. The van der Waals surface area contributed by atoms with Gasteiger partial charge in [-0.15, -0.1) is 0 Å². The Morgan fingerprint density at radius 1 is 1.21 bits per heavy atom. The fraction of sp³-hybridized carbons (Fsp3) is 0.133. The maximum absolute atomic E-state index is 13.7. The number of benzene rings is 2. The number of carbonyl (C=O) groups is 1. The first kappa shape index (κ1) is 13.7. The minimum atomic E-state index is -0.428. The number of ether oxygens (including phenoxy) is 1. The van der Waals surface area contributed by atoms with Gasteiger partial charge in [-0.2, -0.15) is 0 Å². The fourth-order valence-electron chi connectivity index (χ4n) is 1.64. The van der Waals surface area contributed by atoms with Gasteiger partial charge in [0.2, 0.25) is 5.78 Å². The maximum Gasteiger partial charge on any atom is 0.201 e. The fourth-order valence-corrected chi connectivity index (χ4v) is 2.15. The highest BCUT2D eigenvalue weighted by atomic mass is 79.9. The molecule has 0 aliphatic carbocycles.